The molecule has 7 heteroatoms. The van der Waals surface area contributed by atoms with Crippen LogP contribution in [0.4, 0.5) is 4.39 Å². The van der Waals surface area contributed by atoms with Crippen molar-refractivity contribution >= 4 is 16.0 Å². The van der Waals surface area contributed by atoms with Crippen LogP contribution in [0.2, 0.25) is 0 Å². The Bertz CT molecular complexity index is 617. The molecule has 1 rings (SSSR count). The smallest absolute Gasteiger partial charge is 0.321 e. The first kappa shape index (κ1) is 17.6. The number of carbonyl (C=O) groups is 1. The molecule has 5 nitrogen and oxygen atoms in total. The van der Waals surface area contributed by atoms with Gasteiger partial charge in [0.2, 0.25) is 10.0 Å². The van der Waals surface area contributed by atoms with Crippen LogP contribution in [0.25, 0.3) is 0 Å². The highest BCUT2D eigenvalue weighted by atomic mass is 32.2. The highest BCUT2D eigenvalue weighted by Gasteiger charge is 2.28. The zero-order chi connectivity index (χ0) is 16.4. The van der Waals surface area contributed by atoms with Crippen molar-refractivity contribution in [2.75, 3.05) is 0 Å². The van der Waals surface area contributed by atoms with Crippen molar-refractivity contribution in [3.8, 4) is 0 Å². The lowest BCUT2D eigenvalue weighted by Gasteiger charge is -2.18. The topological polar surface area (TPSA) is 83.5 Å². The molecular formula is C14H20FNO4S. The van der Waals surface area contributed by atoms with E-state index in [0.717, 1.165) is 12.1 Å². The van der Waals surface area contributed by atoms with Gasteiger partial charge in [0.05, 0.1) is 4.90 Å². The molecule has 0 aliphatic rings. The van der Waals surface area contributed by atoms with Crippen molar-refractivity contribution < 1.29 is 22.7 Å². The molecule has 1 aromatic rings. The van der Waals surface area contributed by atoms with Crippen molar-refractivity contribution in [1.82, 2.24) is 4.72 Å². The second-order valence-corrected chi connectivity index (χ2v) is 7.16. The predicted octanol–water partition coefficient (Wildman–Crippen LogP) is 2.22. The number of hydrogen-bond donors (Lipinski definition) is 2. The van der Waals surface area contributed by atoms with E-state index >= 15 is 0 Å². The first-order chi connectivity index (χ1) is 9.54. The molecule has 2 N–H and O–H groups in total. The lowest BCUT2D eigenvalue weighted by atomic mass is 10.1. The van der Waals surface area contributed by atoms with Crippen LogP contribution < -0.4 is 4.72 Å². The Balaban J connectivity index is 3.20. The summed E-state index contributed by atoms with van der Waals surface area (Å²) in [7, 11) is -4.03. The van der Waals surface area contributed by atoms with Crippen LogP contribution in [0.1, 0.15) is 31.4 Å². The van der Waals surface area contributed by atoms with Gasteiger partial charge in [-0.05, 0) is 49.4 Å². The van der Waals surface area contributed by atoms with Gasteiger partial charge in [-0.2, -0.15) is 4.72 Å². The van der Waals surface area contributed by atoms with Gasteiger partial charge >= 0.3 is 5.97 Å². The number of rotatable bonds is 6. The van der Waals surface area contributed by atoms with Crippen molar-refractivity contribution in [2.45, 2.75) is 45.1 Å². The fraction of sp³-hybridized carbons (Fsp3) is 0.500. The monoisotopic (exact) mass is 317 g/mol. The summed E-state index contributed by atoms with van der Waals surface area (Å²) in [6, 6.07) is 1.01. The quantitative estimate of drug-likeness (QED) is 0.842. The minimum absolute atomic E-state index is 0.0178. The average molecular weight is 317 g/mol. The summed E-state index contributed by atoms with van der Waals surface area (Å²) in [5.74, 6) is -1.74. The molecule has 0 radical (unpaired) electrons. The number of carboxylic acid groups (broad SMARTS) is 1. The fourth-order valence-electron chi connectivity index (χ4n) is 2.24. The van der Waals surface area contributed by atoms with Crippen molar-refractivity contribution in [3.05, 3.63) is 29.1 Å². The third kappa shape index (κ3) is 4.50. The fourth-order valence-corrected chi connectivity index (χ4v) is 3.89. The molecule has 0 saturated heterocycles. The summed E-state index contributed by atoms with van der Waals surface area (Å²) in [6.07, 6.45) is 0.174. The summed E-state index contributed by atoms with van der Waals surface area (Å²) in [5, 5.41) is 9.13. The van der Waals surface area contributed by atoms with Gasteiger partial charge in [-0.15, -0.1) is 0 Å². The van der Waals surface area contributed by atoms with Gasteiger partial charge in [-0.25, -0.2) is 12.8 Å². The third-order valence-corrected chi connectivity index (χ3v) is 4.77. The van der Waals surface area contributed by atoms with Crippen LogP contribution in [-0.4, -0.2) is 25.5 Å². The summed E-state index contributed by atoms with van der Waals surface area (Å²) < 4.78 is 40.2. The number of carboxylic acids is 1. The molecule has 0 bridgehead atoms. The van der Waals surface area contributed by atoms with E-state index < -0.39 is 27.9 Å². The number of nitrogens with one attached hydrogen (secondary N) is 1. The maximum absolute atomic E-state index is 13.2. The first-order valence-electron chi connectivity index (χ1n) is 6.56. The molecule has 0 aliphatic heterocycles. The Kier molecular flexibility index (Phi) is 5.47. The van der Waals surface area contributed by atoms with E-state index in [1.54, 1.807) is 13.8 Å². The molecule has 118 valence electrons. The molecule has 0 spiro atoms. The van der Waals surface area contributed by atoms with E-state index in [2.05, 4.69) is 4.72 Å². The Morgan fingerprint density at radius 3 is 2.14 bits per heavy atom. The predicted molar refractivity (Wildman–Crippen MR) is 77.1 cm³/mol. The lowest BCUT2D eigenvalue weighted by molar-refractivity contribution is -0.139. The number of aryl methyl sites for hydroxylation is 2. The Hall–Kier alpha value is -1.47. The van der Waals surface area contributed by atoms with Gasteiger partial charge in [0.25, 0.3) is 0 Å². The van der Waals surface area contributed by atoms with E-state index in [-0.39, 0.29) is 28.4 Å². The second-order valence-electron chi connectivity index (χ2n) is 5.51. The van der Waals surface area contributed by atoms with Crippen LogP contribution in [0.15, 0.2) is 17.0 Å². The molecule has 1 aromatic carbocycles. The van der Waals surface area contributed by atoms with Crippen LogP contribution in [0, 0.1) is 25.6 Å². The molecule has 0 heterocycles. The summed E-state index contributed by atoms with van der Waals surface area (Å²) in [4.78, 5) is 11.1. The normalized spacial score (nSPS) is 13.4. The molecule has 1 atom stereocenters. The molecule has 21 heavy (non-hydrogen) atoms. The van der Waals surface area contributed by atoms with E-state index in [1.807, 2.05) is 0 Å². The van der Waals surface area contributed by atoms with Gasteiger partial charge < -0.3 is 5.11 Å². The van der Waals surface area contributed by atoms with E-state index in [0.29, 0.717) is 0 Å². The Morgan fingerprint density at radius 1 is 1.29 bits per heavy atom. The minimum atomic E-state index is -4.03. The van der Waals surface area contributed by atoms with E-state index in [1.165, 1.54) is 13.8 Å². The average Bonchev–Trinajstić information content (AvgIpc) is 2.24. The van der Waals surface area contributed by atoms with Crippen LogP contribution in [-0.2, 0) is 14.8 Å². The number of hydrogen-bond acceptors (Lipinski definition) is 3. The zero-order valence-corrected chi connectivity index (χ0v) is 13.3. The summed E-state index contributed by atoms with van der Waals surface area (Å²) >= 11 is 0. The van der Waals surface area contributed by atoms with Crippen LogP contribution >= 0.6 is 0 Å². The van der Waals surface area contributed by atoms with Crippen molar-refractivity contribution in [2.24, 2.45) is 5.92 Å². The zero-order valence-electron chi connectivity index (χ0n) is 12.5. The van der Waals surface area contributed by atoms with Crippen LogP contribution in [0.5, 0.6) is 0 Å². The molecule has 0 fully saturated rings. The van der Waals surface area contributed by atoms with Gasteiger partial charge in [0.1, 0.15) is 11.9 Å². The molecule has 0 amide bonds. The van der Waals surface area contributed by atoms with Gasteiger partial charge in [-0.3, -0.25) is 4.79 Å². The molecule has 0 aliphatic carbocycles. The number of sulfonamides is 1. The Labute approximate surface area is 124 Å². The second kappa shape index (κ2) is 6.53. The maximum Gasteiger partial charge on any atom is 0.321 e. The number of benzene rings is 1. The molecular weight excluding hydrogens is 297 g/mol. The van der Waals surface area contributed by atoms with E-state index in [4.69, 9.17) is 5.11 Å². The van der Waals surface area contributed by atoms with Gasteiger partial charge in [-0.1, -0.05) is 13.8 Å². The summed E-state index contributed by atoms with van der Waals surface area (Å²) in [5.41, 5.74) is 0.488. The highest BCUT2D eigenvalue weighted by molar-refractivity contribution is 7.89. The largest absolute Gasteiger partial charge is 0.480 e. The first-order valence-corrected chi connectivity index (χ1v) is 8.04. The minimum Gasteiger partial charge on any atom is -0.480 e. The summed E-state index contributed by atoms with van der Waals surface area (Å²) in [6.45, 7) is 6.56. The Morgan fingerprint density at radius 2 is 1.76 bits per heavy atom. The van der Waals surface area contributed by atoms with Crippen molar-refractivity contribution in [3.63, 3.8) is 0 Å². The van der Waals surface area contributed by atoms with Gasteiger partial charge in [0, 0.05) is 0 Å². The SMILES string of the molecule is Cc1cc(F)cc(C)c1S(=O)(=O)N[C@H](CC(C)C)C(=O)O. The highest BCUT2D eigenvalue weighted by Crippen LogP contribution is 2.22. The molecule has 0 unspecified atom stereocenters. The molecule has 0 saturated carbocycles. The van der Waals surface area contributed by atoms with E-state index in [9.17, 15) is 17.6 Å². The third-order valence-electron chi connectivity index (χ3n) is 3.00. The van der Waals surface area contributed by atoms with Crippen molar-refractivity contribution in [1.29, 1.82) is 0 Å². The van der Waals surface area contributed by atoms with Crippen LogP contribution in [0.3, 0.4) is 0 Å². The van der Waals surface area contributed by atoms with Gasteiger partial charge in [0.15, 0.2) is 0 Å². The number of halogens is 1. The standard InChI is InChI=1S/C14H20FNO4S/c1-8(2)5-12(14(17)18)16-21(19,20)13-9(3)6-11(15)7-10(13)4/h6-8,12,16H,5H2,1-4H3,(H,17,18)/t12-/m1/s1. The lowest BCUT2D eigenvalue weighted by Crippen LogP contribution is -2.42. The maximum atomic E-state index is 13.2. The molecule has 0 aromatic heterocycles. The number of aliphatic carboxylic acids is 1.